The van der Waals surface area contributed by atoms with E-state index < -0.39 is 16.0 Å². The summed E-state index contributed by atoms with van der Waals surface area (Å²) < 4.78 is 0. The van der Waals surface area contributed by atoms with Gasteiger partial charge >= 0.3 is 11.1 Å². The number of non-ortho nitro benzene ring substituents is 1. The Kier molecular flexibility index (Phi) is 6.08. The van der Waals surface area contributed by atoms with Gasteiger partial charge in [0.1, 0.15) is 0 Å². The van der Waals surface area contributed by atoms with Crippen LogP contribution < -0.4 is 16.4 Å². The molecule has 3 heterocycles. The van der Waals surface area contributed by atoms with E-state index in [2.05, 4.69) is 25.2 Å². The molecule has 3 aromatic rings. The second-order valence-corrected chi connectivity index (χ2v) is 7.86. The largest absolute Gasteiger partial charge is 0.352 e. The van der Waals surface area contributed by atoms with E-state index in [1.165, 1.54) is 18.3 Å². The molecule has 1 saturated heterocycles. The summed E-state index contributed by atoms with van der Waals surface area (Å²) in [7, 11) is 0. The highest BCUT2D eigenvalue weighted by Gasteiger charge is 2.22. The molecule has 0 radical (unpaired) electrons. The van der Waals surface area contributed by atoms with Crippen molar-refractivity contribution in [2.45, 2.75) is 19.4 Å². The molecule has 11 heteroatoms. The number of rotatable bonds is 6. The van der Waals surface area contributed by atoms with Gasteiger partial charge < -0.3 is 15.3 Å². The molecule has 0 spiro atoms. The lowest BCUT2D eigenvalue weighted by atomic mass is 9.96. The summed E-state index contributed by atoms with van der Waals surface area (Å²) in [5.74, 6) is 0.173. The fourth-order valence-electron chi connectivity index (χ4n) is 3.94. The molecule has 4 rings (SSSR count). The molecular formula is C21H22N6O5. The van der Waals surface area contributed by atoms with Crippen molar-refractivity contribution in [3.63, 3.8) is 0 Å². The number of pyridine rings is 1. The highest BCUT2D eigenvalue weighted by Crippen LogP contribution is 2.25. The number of nitrogens with one attached hydrogen (secondary N) is 3. The molecule has 0 atom stereocenters. The van der Waals surface area contributed by atoms with E-state index >= 15 is 0 Å². The number of benzene rings is 1. The minimum atomic E-state index is -0.849. The molecule has 166 valence electrons. The Morgan fingerprint density at radius 2 is 1.97 bits per heavy atom. The summed E-state index contributed by atoms with van der Waals surface area (Å²) in [5, 5.41) is 14.2. The number of carbonyl (C=O) groups excluding carboxylic acids is 1. The summed E-state index contributed by atoms with van der Waals surface area (Å²) in [5.41, 5.74) is -0.0739. The normalized spacial score (nSPS) is 15.0. The van der Waals surface area contributed by atoms with Crippen LogP contribution in [0.3, 0.4) is 0 Å². The summed E-state index contributed by atoms with van der Waals surface area (Å²) in [6.07, 6.45) is 4.85. The molecule has 2 aromatic heterocycles. The maximum Gasteiger partial charge on any atom is 0.314 e. The molecule has 0 aliphatic carbocycles. The van der Waals surface area contributed by atoms with Crippen molar-refractivity contribution in [1.29, 1.82) is 0 Å². The van der Waals surface area contributed by atoms with Gasteiger partial charge in [0.15, 0.2) is 0 Å². The summed E-state index contributed by atoms with van der Waals surface area (Å²) >= 11 is 0. The van der Waals surface area contributed by atoms with Crippen LogP contribution >= 0.6 is 0 Å². The first kappa shape index (κ1) is 21.4. The lowest BCUT2D eigenvalue weighted by Crippen LogP contribution is -2.38. The van der Waals surface area contributed by atoms with E-state index in [9.17, 15) is 24.5 Å². The van der Waals surface area contributed by atoms with Crippen molar-refractivity contribution < 1.29 is 9.72 Å². The van der Waals surface area contributed by atoms with Crippen molar-refractivity contribution >= 4 is 22.6 Å². The monoisotopic (exact) mass is 438 g/mol. The summed E-state index contributed by atoms with van der Waals surface area (Å²) in [6.45, 7) is 2.45. The van der Waals surface area contributed by atoms with Crippen LogP contribution in [-0.2, 0) is 6.54 Å². The van der Waals surface area contributed by atoms with Gasteiger partial charge in [0, 0.05) is 37.6 Å². The number of nitrogens with zero attached hydrogens (tertiary/aromatic N) is 3. The Hall–Kier alpha value is -3.86. The Bertz CT molecular complexity index is 1260. The number of H-pyrrole nitrogens is 2. The van der Waals surface area contributed by atoms with Gasteiger partial charge in [0.25, 0.3) is 11.6 Å². The summed E-state index contributed by atoms with van der Waals surface area (Å²) in [4.78, 5) is 57.4. The average Bonchev–Trinajstić information content (AvgIpc) is 2.80. The number of fused-ring (bicyclic) bond motifs is 1. The molecular weight excluding hydrogens is 416 g/mol. The lowest BCUT2D eigenvalue weighted by molar-refractivity contribution is -0.384. The van der Waals surface area contributed by atoms with Crippen LogP contribution in [0.1, 0.15) is 28.8 Å². The predicted molar refractivity (Wildman–Crippen MR) is 116 cm³/mol. The second-order valence-electron chi connectivity index (χ2n) is 7.86. The highest BCUT2D eigenvalue weighted by atomic mass is 16.6. The minimum Gasteiger partial charge on any atom is -0.352 e. The van der Waals surface area contributed by atoms with Crippen LogP contribution in [0.15, 0.2) is 46.2 Å². The zero-order chi connectivity index (χ0) is 22.7. The number of aromatic nitrogens is 3. The molecule has 1 aliphatic rings. The van der Waals surface area contributed by atoms with Gasteiger partial charge in [-0.1, -0.05) is 0 Å². The lowest BCUT2D eigenvalue weighted by Gasteiger charge is -2.32. The van der Waals surface area contributed by atoms with Gasteiger partial charge in [0.05, 0.1) is 21.5 Å². The molecule has 32 heavy (non-hydrogen) atoms. The molecule has 1 fully saturated rings. The van der Waals surface area contributed by atoms with E-state index in [1.807, 2.05) is 0 Å². The first-order valence-electron chi connectivity index (χ1n) is 10.2. The predicted octanol–water partition coefficient (Wildman–Crippen LogP) is 1.16. The van der Waals surface area contributed by atoms with Crippen molar-refractivity contribution in [1.82, 2.24) is 25.2 Å². The van der Waals surface area contributed by atoms with Crippen LogP contribution in [0.2, 0.25) is 0 Å². The van der Waals surface area contributed by atoms with Gasteiger partial charge in [-0.3, -0.25) is 34.4 Å². The van der Waals surface area contributed by atoms with E-state index in [4.69, 9.17) is 0 Å². The maximum atomic E-state index is 12.2. The van der Waals surface area contributed by atoms with Crippen molar-refractivity contribution in [2.24, 2.45) is 5.92 Å². The zero-order valence-electron chi connectivity index (χ0n) is 17.2. The number of carbonyl (C=O) groups is 1. The highest BCUT2D eigenvalue weighted by molar-refractivity contribution is 5.93. The Morgan fingerprint density at radius 3 is 2.66 bits per heavy atom. The van der Waals surface area contributed by atoms with E-state index in [-0.39, 0.29) is 17.1 Å². The first-order chi connectivity index (χ1) is 15.4. The number of likely N-dealkylation sites (tertiary alicyclic amines) is 1. The zero-order valence-corrected chi connectivity index (χ0v) is 17.2. The number of nitro groups is 1. The topological polar surface area (TPSA) is 154 Å². The minimum absolute atomic E-state index is 0.150. The van der Waals surface area contributed by atoms with Gasteiger partial charge in [-0.05, 0) is 49.5 Å². The molecule has 0 unspecified atom stereocenters. The standard InChI is InChI=1S/C21H22N6O5/c28-19(14-2-1-5-22-11-14)23-10-13-3-6-26(7-4-13)12-15-8-16(27(31)32)9-17-18(15)25-21(30)20(29)24-17/h1-2,5,8-9,11,13H,3-4,6-7,10,12H2,(H,23,28)(H,24,29)(H,25,30). The number of hydrogen-bond donors (Lipinski definition) is 3. The molecule has 0 saturated carbocycles. The van der Waals surface area contributed by atoms with E-state index in [0.29, 0.717) is 35.7 Å². The Morgan fingerprint density at radius 1 is 1.22 bits per heavy atom. The second kappa shape index (κ2) is 9.10. The van der Waals surface area contributed by atoms with E-state index in [0.717, 1.165) is 25.9 Å². The SMILES string of the molecule is O=C(NCC1CCN(Cc2cc([N+](=O)[O-])cc3[nH]c(=O)c(=O)[nH]c23)CC1)c1cccnc1. The number of amides is 1. The number of piperidine rings is 1. The molecule has 11 nitrogen and oxygen atoms in total. The van der Waals surface area contributed by atoms with E-state index in [1.54, 1.807) is 18.3 Å². The Labute approximate surface area is 181 Å². The molecule has 0 bridgehead atoms. The smallest absolute Gasteiger partial charge is 0.314 e. The number of aromatic amines is 2. The third kappa shape index (κ3) is 4.72. The van der Waals surface area contributed by atoms with Crippen molar-refractivity contribution in [3.8, 4) is 0 Å². The van der Waals surface area contributed by atoms with Crippen molar-refractivity contribution in [2.75, 3.05) is 19.6 Å². The molecule has 1 amide bonds. The fraction of sp³-hybridized carbons (Fsp3) is 0.333. The van der Waals surface area contributed by atoms with Crippen LogP contribution in [0.5, 0.6) is 0 Å². The van der Waals surface area contributed by atoms with Crippen LogP contribution in [0.25, 0.3) is 11.0 Å². The Balaban J connectivity index is 1.41. The van der Waals surface area contributed by atoms with Crippen molar-refractivity contribution in [3.05, 3.63) is 78.6 Å². The summed E-state index contributed by atoms with van der Waals surface area (Å²) in [6, 6.07) is 6.10. The molecule has 1 aliphatic heterocycles. The average molecular weight is 438 g/mol. The van der Waals surface area contributed by atoms with Gasteiger partial charge in [-0.15, -0.1) is 0 Å². The maximum absolute atomic E-state index is 12.2. The quantitative estimate of drug-likeness (QED) is 0.296. The third-order valence-corrected chi connectivity index (χ3v) is 5.68. The number of nitro benzene ring substituents is 1. The number of hydrogen-bond acceptors (Lipinski definition) is 7. The van der Waals surface area contributed by atoms with Crippen LogP contribution in [-0.4, -0.2) is 50.3 Å². The van der Waals surface area contributed by atoms with Gasteiger partial charge in [-0.2, -0.15) is 0 Å². The van der Waals surface area contributed by atoms with Crippen LogP contribution in [0, 0.1) is 16.0 Å². The molecule has 1 aromatic carbocycles. The van der Waals surface area contributed by atoms with Gasteiger partial charge in [-0.25, -0.2) is 0 Å². The first-order valence-corrected chi connectivity index (χ1v) is 10.2. The van der Waals surface area contributed by atoms with Crippen LogP contribution in [0.4, 0.5) is 5.69 Å². The molecule has 3 N–H and O–H groups in total. The fourth-order valence-corrected chi connectivity index (χ4v) is 3.94. The van der Waals surface area contributed by atoms with Gasteiger partial charge in [0.2, 0.25) is 0 Å². The third-order valence-electron chi connectivity index (χ3n) is 5.68.